The van der Waals surface area contributed by atoms with E-state index in [-0.39, 0.29) is 12.0 Å². The van der Waals surface area contributed by atoms with Crippen molar-refractivity contribution in [1.29, 1.82) is 0 Å². The Morgan fingerprint density at radius 1 is 1.21 bits per heavy atom. The van der Waals surface area contributed by atoms with Crippen molar-refractivity contribution in [2.24, 2.45) is 0 Å². The topological polar surface area (TPSA) is 71.0 Å². The summed E-state index contributed by atoms with van der Waals surface area (Å²) in [5, 5.41) is 0.882. The molecule has 0 aliphatic carbocycles. The van der Waals surface area contributed by atoms with Crippen LogP contribution in [0.25, 0.3) is 10.9 Å². The smallest absolute Gasteiger partial charge is 0.236 e. The Morgan fingerprint density at radius 3 is 2.66 bits per heavy atom. The predicted molar refractivity (Wildman–Crippen MR) is 112 cm³/mol. The second-order valence-electron chi connectivity index (χ2n) is 7.85. The van der Waals surface area contributed by atoms with Crippen molar-refractivity contribution < 1.29 is 14.3 Å². The lowest BCUT2D eigenvalue weighted by molar-refractivity contribution is -0.133. The molecule has 1 saturated heterocycles. The Bertz CT molecular complexity index is 819. The van der Waals surface area contributed by atoms with E-state index in [1.807, 2.05) is 49.9 Å². The molecule has 1 amide bonds. The number of ether oxygens (including phenoxy) is 2. The number of benzene rings is 1. The molecule has 1 fully saturated rings. The molecule has 0 unspecified atom stereocenters. The molecule has 1 aliphatic rings. The van der Waals surface area contributed by atoms with Gasteiger partial charge in [0.1, 0.15) is 24.4 Å². The lowest BCUT2D eigenvalue weighted by atomic mass is 10.2. The molecular formula is C21H31N5O3. The number of rotatable bonds is 8. The first-order valence-corrected chi connectivity index (χ1v) is 10.1. The number of hydrogen-bond acceptors (Lipinski definition) is 7. The van der Waals surface area contributed by atoms with Gasteiger partial charge >= 0.3 is 0 Å². The van der Waals surface area contributed by atoms with E-state index < -0.39 is 0 Å². The molecule has 0 radical (unpaired) electrons. The highest BCUT2D eigenvalue weighted by Crippen LogP contribution is 2.30. The summed E-state index contributed by atoms with van der Waals surface area (Å²) >= 11 is 0. The molecule has 0 atom stereocenters. The van der Waals surface area contributed by atoms with Gasteiger partial charge < -0.3 is 19.3 Å². The van der Waals surface area contributed by atoms with Gasteiger partial charge in [0.15, 0.2) is 0 Å². The monoisotopic (exact) mass is 401 g/mol. The number of piperazine rings is 1. The number of likely N-dealkylation sites (N-methyl/N-ethyl adjacent to an activating group) is 1. The van der Waals surface area contributed by atoms with Gasteiger partial charge in [-0.1, -0.05) is 0 Å². The van der Waals surface area contributed by atoms with Crippen molar-refractivity contribution in [3.05, 3.63) is 24.7 Å². The lowest BCUT2D eigenvalue weighted by Gasteiger charge is -2.35. The molecule has 0 N–H and O–H groups in total. The Hall–Kier alpha value is -2.45. The van der Waals surface area contributed by atoms with E-state index in [0.717, 1.165) is 55.1 Å². The summed E-state index contributed by atoms with van der Waals surface area (Å²) in [7, 11) is 3.84. The minimum Gasteiger partial charge on any atom is -0.492 e. The second kappa shape index (κ2) is 9.84. The SMILES string of the molecule is CC(C)Oc1cc(OCCN2CCN(C(=O)CN(C)C)CC2)cc2ncncc12. The maximum Gasteiger partial charge on any atom is 0.236 e. The predicted octanol–water partition coefficient (Wildman–Crippen LogP) is 1.50. The normalized spacial score (nSPS) is 15.3. The molecule has 8 nitrogen and oxygen atoms in total. The number of carbonyl (C=O) groups is 1. The van der Waals surface area contributed by atoms with Crippen molar-refractivity contribution in [2.75, 3.05) is 60.0 Å². The Labute approximate surface area is 172 Å². The van der Waals surface area contributed by atoms with Gasteiger partial charge in [0, 0.05) is 51.1 Å². The van der Waals surface area contributed by atoms with Gasteiger partial charge in [-0.2, -0.15) is 0 Å². The fraction of sp³-hybridized carbons (Fsp3) is 0.571. The van der Waals surface area contributed by atoms with Crippen LogP contribution in [0.15, 0.2) is 24.7 Å². The molecule has 2 aromatic rings. The highest BCUT2D eigenvalue weighted by molar-refractivity contribution is 5.85. The van der Waals surface area contributed by atoms with E-state index in [2.05, 4.69) is 14.9 Å². The number of hydrogen-bond donors (Lipinski definition) is 0. The summed E-state index contributed by atoms with van der Waals surface area (Å²) in [6, 6.07) is 3.83. The largest absolute Gasteiger partial charge is 0.492 e. The van der Waals surface area contributed by atoms with Crippen LogP contribution in [0, 0.1) is 0 Å². The zero-order chi connectivity index (χ0) is 20.8. The van der Waals surface area contributed by atoms with E-state index in [1.165, 1.54) is 6.33 Å². The first-order valence-electron chi connectivity index (χ1n) is 10.1. The summed E-state index contributed by atoms with van der Waals surface area (Å²) in [5.74, 6) is 1.68. The standard InChI is InChI=1S/C21H31N5O3/c1-16(2)29-20-12-17(11-19-18(20)13-22-15-23-19)28-10-9-25-5-7-26(8-6-25)21(27)14-24(3)4/h11-13,15-16H,5-10,14H2,1-4H3. The second-order valence-corrected chi connectivity index (χ2v) is 7.85. The summed E-state index contributed by atoms with van der Waals surface area (Å²) < 4.78 is 11.9. The Morgan fingerprint density at radius 2 is 1.97 bits per heavy atom. The molecule has 2 heterocycles. The fourth-order valence-corrected chi connectivity index (χ4v) is 3.35. The molecule has 1 aromatic heterocycles. The van der Waals surface area contributed by atoms with Crippen LogP contribution in [-0.2, 0) is 4.79 Å². The summed E-state index contributed by atoms with van der Waals surface area (Å²) in [5.41, 5.74) is 0.807. The Balaban J connectivity index is 1.52. The van der Waals surface area contributed by atoms with E-state index >= 15 is 0 Å². The maximum absolute atomic E-state index is 12.1. The summed E-state index contributed by atoms with van der Waals surface area (Å²) in [6.07, 6.45) is 3.35. The summed E-state index contributed by atoms with van der Waals surface area (Å²) in [6.45, 7) is 9.12. The molecule has 3 rings (SSSR count). The number of fused-ring (bicyclic) bond motifs is 1. The van der Waals surface area contributed by atoms with Crippen molar-refractivity contribution in [3.8, 4) is 11.5 Å². The van der Waals surface area contributed by atoms with Crippen LogP contribution < -0.4 is 9.47 Å². The average Bonchev–Trinajstić information content (AvgIpc) is 2.67. The van der Waals surface area contributed by atoms with Gasteiger partial charge in [0.25, 0.3) is 0 Å². The molecule has 0 bridgehead atoms. The molecule has 158 valence electrons. The highest BCUT2D eigenvalue weighted by atomic mass is 16.5. The van der Waals surface area contributed by atoms with Gasteiger partial charge in [-0.3, -0.25) is 9.69 Å². The summed E-state index contributed by atoms with van der Waals surface area (Å²) in [4.78, 5) is 26.8. The third kappa shape index (κ3) is 6.01. The number of nitrogens with zero attached hydrogens (tertiary/aromatic N) is 5. The van der Waals surface area contributed by atoms with E-state index in [9.17, 15) is 4.79 Å². The molecule has 8 heteroatoms. The van der Waals surface area contributed by atoms with Crippen molar-refractivity contribution >= 4 is 16.8 Å². The Kier molecular flexibility index (Phi) is 7.22. The molecule has 1 aliphatic heterocycles. The van der Waals surface area contributed by atoms with Gasteiger partial charge in [-0.15, -0.1) is 0 Å². The zero-order valence-electron chi connectivity index (χ0n) is 17.8. The molecular weight excluding hydrogens is 370 g/mol. The molecule has 1 aromatic carbocycles. The molecule has 29 heavy (non-hydrogen) atoms. The van der Waals surface area contributed by atoms with Gasteiger partial charge in [-0.25, -0.2) is 9.97 Å². The minimum absolute atomic E-state index is 0.0557. The number of aromatic nitrogens is 2. The van der Waals surface area contributed by atoms with Crippen molar-refractivity contribution in [2.45, 2.75) is 20.0 Å². The van der Waals surface area contributed by atoms with Gasteiger partial charge in [-0.05, 0) is 27.9 Å². The quantitative estimate of drug-likeness (QED) is 0.664. The van der Waals surface area contributed by atoms with Gasteiger partial charge in [0.05, 0.1) is 23.6 Å². The van der Waals surface area contributed by atoms with Crippen LogP contribution in [0.4, 0.5) is 0 Å². The van der Waals surface area contributed by atoms with E-state index in [1.54, 1.807) is 6.20 Å². The minimum atomic E-state index is 0.0557. The molecule has 0 saturated carbocycles. The first-order chi connectivity index (χ1) is 13.9. The van der Waals surface area contributed by atoms with Crippen molar-refractivity contribution in [3.63, 3.8) is 0 Å². The van der Waals surface area contributed by atoms with Crippen LogP contribution in [-0.4, -0.2) is 96.6 Å². The molecule has 0 spiro atoms. The fourth-order valence-electron chi connectivity index (χ4n) is 3.35. The lowest BCUT2D eigenvalue weighted by Crippen LogP contribution is -2.51. The van der Waals surface area contributed by atoms with Gasteiger partial charge in [0.2, 0.25) is 5.91 Å². The zero-order valence-corrected chi connectivity index (χ0v) is 17.8. The highest BCUT2D eigenvalue weighted by Gasteiger charge is 2.21. The van der Waals surface area contributed by atoms with E-state index in [4.69, 9.17) is 9.47 Å². The van der Waals surface area contributed by atoms with Crippen LogP contribution >= 0.6 is 0 Å². The van der Waals surface area contributed by atoms with Crippen LogP contribution in [0.5, 0.6) is 11.5 Å². The van der Waals surface area contributed by atoms with Crippen LogP contribution in [0.1, 0.15) is 13.8 Å². The third-order valence-electron chi connectivity index (χ3n) is 4.78. The first kappa shape index (κ1) is 21.3. The third-order valence-corrected chi connectivity index (χ3v) is 4.78. The number of amides is 1. The van der Waals surface area contributed by atoms with Crippen LogP contribution in [0.2, 0.25) is 0 Å². The van der Waals surface area contributed by atoms with Crippen molar-refractivity contribution in [1.82, 2.24) is 24.7 Å². The van der Waals surface area contributed by atoms with Crippen LogP contribution in [0.3, 0.4) is 0 Å². The number of carbonyl (C=O) groups excluding carboxylic acids is 1. The maximum atomic E-state index is 12.1. The van der Waals surface area contributed by atoms with E-state index in [0.29, 0.717) is 13.2 Å². The average molecular weight is 402 g/mol.